The Labute approximate surface area is 132 Å². The number of carboxylic acid groups (broad SMARTS) is 1. The molecule has 2 aliphatic rings. The molecule has 1 amide bonds. The van der Waals surface area contributed by atoms with Gasteiger partial charge in [0.2, 0.25) is 0 Å². The van der Waals surface area contributed by atoms with Crippen molar-refractivity contribution in [1.82, 2.24) is 5.32 Å². The predicted molar refractivity (Wildman–Crippen MR) is 79.7 cm³/mol. The molecule has 0 radical (unpaired) electrons. The average Bonchev–Trinajstić information content (AvgIpc) is 3.02. The Hall–Kier alpha value is -1.26. The molecule has 2 N–H and O–H groups in total. The first-order valence-corrected chi connectivity index (χ1v) is 7.72. The fourth-order valence-electron chi connectivity index (χ4n) is 3.76. The number of aliphatic carboxylic acids is 1. The smallest absolute Gasteiger partial charge is 0.308 e. The minimum absolute atomic E-state index is 0.174. The molecule has 0 aromatic heterocycles. The number of rotatable bonds is 3. The number of hydrogen-bond donors (Lipinski definition) is 2. The predicted octanol–water partition coefficient (Wildman–Crippen LogP) is 3.22. The van der Waals surface area contributed by atoms with Crippen molar-refractivity contribution < 1.29 is 14.7 Å². The van der Waals surface area contributed by atoms with Gasteiger partial charge in [-0.25, -0.2) is 0 Å². The van der Waals surface area contributed by atoms with Crippen LogP contribution in [0.3, 0.4) is 0 Å². The molecule has 4 atom stereocenters. The van der Waals surface area contributed by atoms with Gasteiger partial charge in [-0.2, -0.15) is 0 Å². The van der Waals surface area contributed by atoms with Crippen molar-refractivity contribution in [3.63, 3.8) is 0 Å². The summed E-state index contributed by atoms with van der Waals surface area (Å²) in [4.78, 5) is 23.8. The highest BCUT2D eigenvalue weighted by Gasteiger charge is 2.51. The molecule has 3 rings (SSSR count). The van der Waals surface area contributed by atoms with Gasteiger partial charge in [0, 0.05) is 6.04 Å². The Morgan fingerprint density at radius 2 is 1.90 bits per heavy atom. The first-order valence-electron chi connectivity index (χ1n) is 6.96. The molecule has 2 fully saturated rings. The van der Waals surface area contributed by atoms with Crippen LogP contribution in [-0.4, -0.2) is 23.0 Å². The fourth-order valence-corrected chi connectivity index (χ4v) is 4.15. The molecule has 0 spiro atoms. The lowest BCUT2D eigenvalue weighted by atomic mass is 9.84. The molecule has 2 bridgehead atoms. The number of benzene rings is 1. The SMILES string of the molecule is O=C(NC1C2CCC(C2)C1C(=O)O)c1cccc(Cl)c1Cl. The maximum absolute atomic E-state index is 12.4. The molecule has 4 unspecified atom stereocenters. The monoisotopic (exact) mass is 327 g/mol. The summed E-state index contributed by atoms with van der Waals surface area (Å²) in [7, 11) is 0. The van der Waals surface area contributed by atoms with Crippen molar-refractivity contribution in [3.8, 4) is 0 Å². The Kier molecular flexibility index (Phi) is 3.84. The zero-order valence-electron chi connectivity index (χ0n) is 11.2. The van der Waals surface area contributed by atoms with Crippen molar-refractivity contribution in [2.24, 2.45) is 17.8 Å². The van der Waals surface area contributed by atoms with Crippen molar-refractivity contribution in [2.75, 3.05) is 0 Å². The van der Waals surface area contributed by atoms with Gasteiger partial charge in [-0.15, -0.1) is 0 Å². The number of carbonyl (C=O) groups is 2. The van der Waals surface area contributed by atoms with Crippen LogP contribution in [0.4, 0.5) is 0 Å². The van der Waals surface area contributed by atoms with Crippen molar-refractivity contribution in [2.45, 2.75) is 25.3 Å². The molecule has 0 aliphatic heterocycles. The Balaban J connectivity index is 1.81. The molecular formula is C15H15Cl2NO3. The molecule has 112 valence electrons. The van der Waals surface area contributed by atoms with Gasteiger partial charge in [-0.3, -0.25) is 9.59 Å². The van der Waals surface area contributed by atoms with Crippen LogP contribution in [0.1, 0.15) is 29.6 Å². The summed E-state index contributed by atoms with van der Waals surface area (Å²) in [5, 5.41) is 12.8. The number of carboxylic acids is 1. The summed E-state index contributed by atoms with van der Waals surface area (Å²) in [5.41, 5.74) is 0.288. The molecule has 1 aromatic carbocycles. The largest absolute Gasteiger partial charge is 0.481 e. The van der Waals surface area contributed by atoms with E-state index >= 15 is 0 Å². The van der Waals surface area contributed by atoms with Gasteiger partial charge in [-0.05, 0) is 43.2 Å². The normalized spacial score (nSPS) is 30.4. The molecular weight excluding hydrogens is 313 g/mol. The lowest BCUT2D eigenvalue weighted by molar-refractivity contribution is -0.144. The van der Waals surface area contributed by atoms with E-state index in [4.69, 9.17) is 23.2 Å². The minimum atomic E-state index is -0.829. The van der Waals surface area contributed by atoms with Gasteiger partial charge in [0.25, 0.3) is 5.91 Å². The van der Waals surface area contributed by atoms with E-state index in [-0.39, 0.29) is 34.4 Å². The fraction of sp³-hybridized carbons (Fsp3) is 0.467. The van der Waals surface area contributed by atoms with Crippen molar-refractivity contribution in [3.05, 3.63) is 33.8 Å². The summed E-state index contributed by atoms with van der Waals surface area (Å²) in [5.74, 6) is -1.26. The Morgan fingerprint density at radius 3 is 2.62 bits per heavy atom. The molecule has 6 heteroatoms. The standard InChI is InChI=1S/C15H15Cl2NO3/c16-10-3-1-2-9(12(10)17)14(19)18-13-8-5-4-7(6-8)11(13)15(20)21/h1-3,7-8,11,13H,4-6H2,(H,18,19)(H,20,21). The topological polar surface area (TPSA) is 66.4 Å². The van der Waals surface area contributed by atoms with E-state index in [1.165, 1.54) is 0 Å². The van der Waals surface area contributed by atoms with Gasteiger partial charge in [0.1, 0.15) is 0 Å². The third kappa shape index (κ3) is 2.51. The zero-order chi connectivity index (χ0) is 15.1. The van der Waals surface area contributed by atoms with Crippen LogP contribution in [0.5, 0.6) is 0 Å². The zero-order valence-corrected chi connectivity index (χ0v) is 12.7. The number of halogens is 2. The maximum Gasteiger partial charge on any atom is 0.308 e. The summed E-state index contributed by atoms with van der Waals surface area (Å²) in [6.45, 7) is 0. The van der Waals surface area contributed by atoms with Crippen molar-refractivity contribution in [1.29, 1.82) is 0 Å². The Morgan fingerprint density at radius 1 is 1.19 bits per heavy atom. The number of hydrogen-bond acceptors (Lipinski definition) is 2. The molecule has 1 aromatic rings. The second-order valence-corrected chi connectivity index (χ2v) is 6.58. The van der Waals surface area contributed by atoms with Crippen LogP contribution in [0.2, 0.25) is 10.0 Å². The first-order chi connectivity index (χ1) is 9.99. The van der Waals surface area contributed by atoms with Crippen LogP contribution >= 0.6 is 23.2 Å². The second-order valence-electron chi connectivity index (χ2n) is 5.80. The highest BCUT2D eigenvalue weighted by Crippen LogP contribution is 2.48. The third-order valence-electron chi connectivity index (χ3n) is 4.70. The lowest BCUT2D eigenvalue weighted by Crippen LogP contribution is -2.46. The van der Waals surface area contributed by atoms with Gasteiger partial charge in [0.15, 0.2) is 0 Å². The molecule has 2 saturated carbocycles. The molecule has 0 heterocycles. The van der Waals surface area contributed by atoms with Crippen LogP contribution in [0.25, 0.3) is 0 Å². The van der Waals surface area contributed by atoms with E-state index in [1.54, 1.807) is 18.2 Å². The van der Waals surface area contributed by atoms with Gasteiger partial charge >= 0.3 is 5.97 Å². The molecule has 4 nitrogen and oxygen atoms in total. The average molecular weight is 328 g/mol. The van der Waals surface area contributed by atoms with Gasteiger partial charge in [-0.1, -0.05) is 29.3 Å². The van der Waals surface area contributed by atoms with Crippen LogP contribution < -0.4 is 5.32 Å². The summed E-state index contributed by atoms with van der Waals surface area (Å²) in [6.07, 6.45) is 2.79. The molecule has 21 heavy (non-hydrogen) atoms. The number of fused-ring (bicyclic) bond motifs is 2. The quantitative estimate of drug-likeness (QED) is 0.895. The first kappa shape index (κ1) is 14.7. The van der Waals surface area contributed by atoms with E-state index in [0.717, 1.165) is 19.3 Å². The molecule has 2 aliphatic carbocycles. The number of carbonyl (C=O) groups excluding carboxylic acids is 1. The van der Waals surface area contributed by atoms with Crippen LogP contribution in [0, 0.1) is 17.8 Å². The summed E-state index contributed by atoms with van der Waals surface area (Å²) in [6, 6.07) is 4.53. The van der Waals surface area contributed by atoms with Crippen molar-refractivity contribution >= 4 is 35.1 Å². The van der Waals surface area contributed by atoms with E-state index in [0.29, 0.717) is 5.02 Å². The van der Waals surface area contributed by atoms with E-state index in [9.17, 15) is 14.7 Å². The summed E-state index contributed by atoms with van der Waals surface area (Å²) >= 11 is 12.0. The van der Waals surface area contributed by atoms with E-state index < -0.39 is 11.9 Å². The maximum atomic E-state index is 12.4. The number of nitrogens with one attached hydrogen (secondary N) is 1. The third-order valence-corrected chi connectivity index (χ3v) is 5.51. The lowest BCUT2D eigenvalue weighted by Gasteiger charge is -2.29. The second kappa shape index (κ2) is 5.50. The van der Waals surface area contributed by atoms with Crippen LogP contribution in [-0.2, 0) is 4.79 Å². The minimum Gasteiger partial charge on any atom is -0.481 e. The number of amides is 1. The highest BCUT2D eigenvalue weighted by molar-refractivity contribution is 6.43. The molecule has 0 saturated heterocycles. The van der Waals surface area contributed by atoms with Gasteiger partial charge < -0.3 is 10.4 Å². The van der Waals surface area contributed by atoms with Gasteiger partial charge in [0.05, 0.1) is 21.5 Å². The van der Waals surface area contributed by atoms with Crippen LogP contribution in [0.15, 0.2) is 18.2 Å². The highest BCUT2D eigenvalue weighted by atomic mass is 35.5. The van der Waals surface area contributed by atoms with E-state index in [1.807, 2.05) is 0 Å². The summed E-state index contributed by atoms with van der Waals surface area (Å²) < 4.78 is 0. The van der Waals surface area contributed by atoms with E-state index in [2.05, 4.69) is 5.32 Å². The Bertz CT molecular complexity index is 605.